The average molecular weight is 365 g/mol. The summed E-state index contributed by atoms with van der Waals surface area (Å²) in [7, 11) is 0. The predicted molar refractivity (Wildman–Crippen MR) is 103 cm³/mol. The third kappa shape index (κ3) is 4.24. The molecule has 2 amide bonds. The Bertz CT molecular complexity index is 843. The molecule has 132 valence electrons. The van der Waals surface area contributed by atoms with E-state index >= 15 is 0 Å². The predicted octanol–water partition coefficient (Wildman–Crippen LogP) is 4.07. The van der Waals surface area contributed by atoms with E-state index in [4.69, 9.17) is 5.26 Å². The Kier molecular flexibility index (Phi) is 5.92. The molecule has 2 aromatic carbocycles. The monoisotopic (exact) mass is 365 g/mol. The molecule has 0 unspecified atom stereocenters. The fraction of sp³-hybridized carbons (Fsp3) is 0.250. The molecule has 1 fully saturated rings. The standard InChI is InChI=1S/C20H19N3O2S/c21-12-4-14-26-18-6-2-1-5-17(18)22-20(25)15-8-10-16(11-9-15)23-13-3-7-19(23)24/h1-2,5-6,8-11H,3-4,7,13-14H2,(H,22,25). The van der Waals surface area contributed by atoms with Crippen LogP contribution in [-0.4, -0.2) is 24.1 Å². The van der Waals surface area contributed by atoms with E-state index in [0.29, 0.717) is 24.2 Å². The molecule has 0 saturated carbocycles. The van der Waals surface area contributed by atoms with Crippen LogP contribution in [0.3, 0.4) is 0 Å². The van der Waals surface area contributed by atoms with Crippen molar-refractivity contribution in [1.29, 1.82) is 5.26 Å². The number of hydrogen-bond acceptors (Lipinski definition) is 4. The topological polar surface area (TPSA) is 73.2 Å². The van der Waals surface area contributed by atoms with Crippen LogP contribution in [0.25, 0.3) is 0 Å². The van der Waals surface area contributed by atoms with Crippen molar-refractivity contribution in [3.63, 3.8) is 0 Å². The van der Waals surface area contributed by atoms with E-state index in [-0.39, 0.29) is 11.8 Å². The van der Waals surface area contributed by atoms with Crippen LogP contribution in [0, 0.1) is 11.3 Å². The summed E-state index contributed by atoms with van der Waals surface area (Å²) in [6, 6.07) is 16.8. The van der Waals surface area contributed by atoms with Crippen molar-refractivity contribution in [3.8, 4) is 6.07 Å². The largest absolute Gasteiger partial charge is 0.321 e. The molecule has 1 N–H and O–H groups in total. The summed E-state index contributed by atoms with van der Waals surface area (Å²) < 4.78 is 0. The molecule has 1 aliphatic heterocycles. The van der Waals surface area contributed by atoms with Crippen LogP contribution in [0.2, 0.25) is 0 Å². The summed E-state index contributed by atoms with van der Waals surface area (Å²) in [5.41, 5.74) is 2.10. The molecular formula is C20H19N3O2S. The van der Waals surface area contributed by atoms with Crippen molar-refractivity contribution in [3.05, 3.63) is 54.1 Å². The first kappa shape index (κ1) is 18.0. The number of nitrogens with one attached hydrogen (secondary N) is 1. The molecular weight excluding hydrogens is 346 g/mol. The fourth-order valence-corrected chi connectivity index (χ4v) is 3.67. The van der Waals surface area contributed by atoms with Gasteiger partial charge in [0.15, 0.2) is 0 Å². The van der Waals surface area contributed by atoms with Gasteiger partial charge in [0.1, 0.15) is 0 Å². The molecule has 6 heteroatoms. The molecule has 2 aromatic rings. The number of nitrogens with zero attached hydrogens (tertiary/aromatic N) is 2. The number of nitriles is 1. The third-order valence-corrected chi connectivity index (χ3v) is 5.20. The Morgan fingerprint density at radius 3 is 2.65 bits per heavy atom. The first-order chi connectivity index (χ1) is 12.7. The van der Waals surface area contributed by atoms with Crippen molar-refractivity contribution < 1.29 is 9.59 Å². The molecule has 0 aliphatic carbocycles. The minimum Gasteiger partial charge on any atom is -0.321 e. The minimum absolute atomic E-state index is 0.130. The number of benzene rings is 2. The highest BCUT2D eigenvalue weighted by Gasteiger charge is 2.21. The number of anilines is 2. The van der Waals surface area contributed by atoms with E-state index in [0.717, 1.165) is 29.2 Å². The SMILES string of the molecule is N#CCCSc1ccccc1NC(=O)c1ccc(N2CCCC2=O)cc1. The lowest BCUT2D eigenvalue weighted by Gasteiger charge is -2.16. The number of thioether (sulfide) groups is 1. The minimum atomic E-state index is -0.197. The van der Waals surface area contributed by atoms with Crippen molar-refractivity contribution >= 4 is 35.0 Å². The summed E-state index contributed by atoms with van der Waals surface area (Å²) >= 11 is 1.55. The van der Waals surface area contributed by atoms with Crippen LogP contribution in [-0.2, 0) is 4.79 Å². The van der Waals surface area contributed by atoms with Crippen LogP contribution < -0.4 is 10.2 Å². The van der Waals surface area contributed by atoms with E-state index < -0.39 is 0 Å². The smallest absolute Gasteiger partial charge is 0.255 e. The van der Waals surface area contributed by atoms with Gasteiger partial charge in [-0.2, -0.15) is 5.26 Å². The van der Waals surface area contributed by atoms with Crippen LogP contribution in [0.1, 0.15) is 29.6 Å². The second-order valence-corrected chi connectivity index (χ2v) is 7.04. The molecule has 0 atom stereocenters. The summed E-state index contributed by atoms with van der Waals surface area (Å²) in [6.07, 6.45) is 1.92. The van der Waals surface area contributed by atoms with E-state index in [9.17, 15) is 9.59 Å². The summed E-state index contributed by atoms with van der Waals surface area (Å²) in [4.78, 5) is 27.0. The second-order valence-electron chi connectivity index (χ2n) is 5.90. The lowest BCUT2D eigenvalue weighted by molar-refractivity contribution is -0.117. The number of rotatable bonds is 6. The van der Waals surface area contributed by atoms with Gasteiger partial charge in [-0.25, -0.2) is 0 Å². The highest BCUT2D eigenvalue weighted by molar-refractivity contribution is 7.99. The van der Waals surface area contributed by atoms with Crippen LogP contribution >= 0.6 is 11.8 Å². The number of para-hydroxylation sites is 1. The van der Waals surface area contributed by atoms with Gasteiger partial charge in [-0.1, -0.05) is 12.1 Å². The zero-order valence-corrected chi connectivity index (χ0v) is 15.1. The summed E-state index contributed by atoms with van der Waals surface area (Å²) in [5.74, 6) is 0.616. The zero-order valence-electron chi connectivity index (χ0n) is 14.3. The van der Waals surface area contributed by atoms with Crippen LogP contribution in [0.5, 0.6) is 0 Å². The van der Waals surface area contributed by atoms with Crippen LogP contribution in [0.15, 0.2) is 53.4 Å². The molecule has 1 saturated heterocycles. The summed E-state index contributed by atoms with van der Waals surface area (Å²) in [6.45, 7) is 0.734. The molecule has 5 nitrogen and oxygen atoms in total. The molecule has 3 rings (SSSR count). The summed E-state index contributed by atoms with van der Waals surface area (Å²) in [5, 5.41) is 11.6. The Morgan fingerprint density at radius 2 is 1.96 bits per heavy atom. The molecule has 0 bridgehead atoms. The Labute approximate surface area is 157 Å². The van der Waals surface area contributed by atoms with Gasteiger partial charge >= 0.3 is 0 Å². The van der Waals surface area contributed by atoms with Gasteiger partial charge in [0.2, 0.25) is 5.91 Å². The highest BCUT2D eigenvalue weighted by Crippen LogP contribution is 2.28. The van der Waals surface area contributed by atoms with Gasteiger partial charge in [0, 0.05) is 41.3 Å². The maximum atomic E-state index is 12.5. The van der Waals surface area contributed by atoms with Crippen molar-refractivity contribution in [1.82, 2.24) is 0 Å². The lowest BCUT2D eigenvalue weighted by Crippen LogP contribution is -2.23. The van der Waals surface area contributed by atoms with Crippen LogP contribution in [0.4, 0.5) is 11.4 Å². The number of hydrogen-bond donors (Lipinski definition) is 1. The van der Waals surface area contributed by atoms with E-state index in [1.807, 2.05) is 36.4 Å². The van der Waals surface area contributed by atoms with E-state index in [1.165, 1.54) is 0 Å². The maximum Gasteiger partial charge on any atom is 0.255 e. The second kappa shape index (κ2) is 8.54. The van der Waals surface area contributed by atoms with Gasteiger partial charge < -0.3 is 10.2 Å². The zero-order chi connectivity index (χ0) is 18.4. The normalized spacial score (nSPS) is 13.5. The first-order valence-electron chi connectivity index (χ1n) is 8.49. The first-order valence-corrected chi connectivity index (χ1v) is 9.48. The maximum absolute atomic E-state index is 12.5. The molecule has 0 spiro atoms. The van der Waals surface area contributed by atoms with Crippen molar-refractivity contribution in [2.45, 2.75) is 24.2 Å². The van der Waals surface area contributed by atoms with Gasteiger partial charge in [-0.15, -0.1) is 11.8 Å². The molecule has 0 aromatic heterocycles. The highest BCUT2D eigenvalue weighted by atomic mass is 32.2. The van der Waals surface area contributed by atoms with Gasteiger partial charge in [0.25, 0.3) is 5.91 Å². The lowest BCUT2D eigenvalue weighted by atomic mass is 10.1. The Morgan fingerprint density at radius 1 is 1.19 bits per heavy atom. The van der Waals surface area contributed by atoms with Gasteiger partial charge in [0.05, 0.1) is 11.8 Å². The van der Waals surface area contributed by atoms with E-state index in [1.54, 1.807) is 28.8 Å². The average Bonchev–Trinajstić information content (AvgIpc) is 3.09. The quantitative estimate of drug-likeness (QED) is 0.618. The molecule has 1 aliphatic rings. The molecule has 1 heterocycles. The van der Waals surface area contributed by atoms with Crippen molar-refractivity contribution in [2.75, 3.05) is 22.5 Å². The number of carbonyl (C=O) groups excluding carboxylic acids is 2. The van der Waals surface area contributed by atoms with E-state index in [2.05, 4.69) is 11.4 Å². The van der Waals surface area contributed by atoms with Crippen molar-refractivity contribution in [2.24, 2.45) is 0 Å². The number of carbonyl (C=O) groups is 2. The molecule has 26 heavy (non-hydrogen) atoms. The van der Waals surface area contributed by atoms with Gasteiger partial charge in [-0.3, -0.25) is 9.59 Å². The Balaban J connectivity index is 1.69. The fourth-order valence-electron chi connectivity index (χ4n) is 2.81. The number of amides is 2. The van der Waals surface area contributed by atoms with Gasteiger partial charge in [-0.05, 0) is 42.8 Å². The molecule has 0 radical (unpaired) electrons. The Hall–Kier alpha value is -2.78. The third-order valence-electron chi connectivity index (χ3n) is 4.12.